The highest BCUT2D eigenvalue weighted by Crippen LogP contribution is 2.07. The van der Waals surface area contributed by atoms with Gasteiger partial charge < -0.3 is 14.8 Å². The van der Waals surface area contributed by atoms with E-state index in [-0.39, 0.29) is 17.2 Å². The average molecular weight is 185 g/mol. The summed E-state index contributed by atoms with van der Waals surface area (Å²) in [5.74, 6) is 0.0216. The van der Waals surface area contributed by atoms with E-state index in [1.54, 1.807) is 0 Å². The van der Waals surface area contributed by atoms with Gasteiger partial charge in [0.15, 0.2) is 0 Å². The molecule has 0 aromatic rings. The summed E-state index contributed by atoms with van der Waals surface area (Å²) < 4.78 is 10.1. The molecule has 1 rings (SSSR count). The van der Waals surface area contributed by atoms with E-state index < -0.39 is 0 Å². The van der Waals surface area contributed by atoms with Crippen LogP contribution < -0.4 is 5.32 Å². The molecule has 1 heterocycles. The van der Waals surface area contributed by atoms with Crippen LogP contribution in [0.4, 0.5) is 0 Å². The molecule has 0 bridgehead atoms. The van der Waals surface area contributed by atoms with Gasteiger partial charge in [-0.25, -0.2) is 0 Å². The summed E-state index contributed by atoms with van der Waals surface area (Å²) in [6, 6.07) is 0. The molecule has 1 aliphatic rings. The van der Waals surface area contributed by atoms with Crippen molar-refractivity contribution in [2.45, 2.75) is 26.3 Å². The molecule has 0 radical (unpaired) electrons. The number of rotatable bonds is 1. The highest BCUT2D eigenvalue weighted by atomic mass is 16.6. The minimum absolute atomic E-state index is 0.229. The van der Waals surface area contributed by atoms with Crippen molar-refractivity contribution in [3.63, 3.8) is 0 Å². The molecule has 0 atom stereocenters. The zero-order valence-electron chi connectivity index (χ0n) is 8.22. The van der Waals surface area contributed by atoms with E-state index in [1.807, 2.05) is 20.8 Å². The number of carbonyl (C=O) groups excluding carboxylic acids is 1. The lowest BCUT2D eigenvalue weighted by Crippen LogP contribution is -2.42. The molecule has 0 saturated heterocycles. The van der Waals surface area contributed by atoms with Crippen molar-refractivity contribution in [1.82, 2.24) is 5.32 Å². The van der Waals surface area contributed by atoms with Crippen LogP contribution in [0.3, 0.4) is 0 Å². The van der Waals surface area contributed by atoms with Crippen LogP contribution in [0.15, 0.2) is 12.0 Å². The predicted molar refractivity (Wildman–Crippen MR) is 47.9 cm³/mol. The Bertz CT molecular complexity index is 228. The third kappa shape index (κ3) is 3.36. The first kappa shape index (κ1) is 9.89. The topological polar surface area (TPSA) is 47.6 Å². The van der Waals surface area contributed by atoms with Crippen LogP contribution in [0, 0.1) is 0 Å². The molecule has 4 nitrogen and oxygen atoms in total. The van der Waals surface area contributed by atoms with Crippen molar-refractivity contribution in [3.05, 3.63) is 12.0 Å². The largest absolute Gasteiger partial charge is 0.494 e. The van der Waals surface area contributed by atoms with E-state index in [1.165, 1.54) is 6.26 Å². The first-order valence-corrected chi connectivity index (χ1v) is 4.26. The number of amides is 1. The van der Waals surface area contributed by atoms with Crippen LogP contribution in [0.2, 0.25) is 0 Å². The van der Waals surface area contributed by atoms with Crippen LogP contribution in [0.1, 0.15) is 20.8 Å². The fourth-order valence-corrected chi connectivity index (χ4v) is 0.890. The number of carbonyl (C=O) groups is 1. The lowest BCUT2D eigenvalue weighted by atomic mass is 10.1. The standard InChI is InChI=1S/C9H15NO3/c1-9(2,3)10-8(11)7-6-12-4-5-13-7/h6H,4-5H2,1-3H3,(H,10,11). The predicted octanol–water partition coefficient (Wildman–Crippen LogP) is 0.789. The number of hydrogen-bond donors (Lipinski definition) is 1. The van der Waals surface area contributed by atoms with Gasteiger partial charge in [-0.05, 0) is 20.8 Å². The Morgan fingerprint density at radius 3 is 2.62 bits per heavy atom. The monoisotopic (exact) mass is 185 g/mol. The Balaban J connectivity index is 2.52. The molecule has 74 valence electrons. The van der Waals surface area contributed by atoms with Crippen LogP contribution in [0.5, 0.6) is 0 Å². The fourth-order valence-electron chi connectivity index (χ4n) is 0.890. The van der Waals surface area contributed by atoms with Gasteiger partial charge in [-0.15, -0.1) is 0 Å². The van der Waals surface area contributed by atoms with E-state index in [4.69, 9.17) is 9.47 Å². The zero-order chi connectivity index (χ0) is 9.90. The van der Waals surface area contributed by atoms with E-state index in [0.717, 1.165) is 0 Å². The summed E-state index contributed by atoms with van der Waals surface area (Å²) in [7, 11) is 0. The Labute approximate surface area is 77.9 Å². The molecule has 0 fully saturated rings. The Hall–Kier alpha value is -1.19. The second-order valence-corrected chi connectivity index (χ2v) is 3.91. The second-order valence-electron chi connectivity index (χ2n) is 3.91. The van der Waals surface area contributed by atoms with Crippen molar-refractivity contribution in [1.29, 1.82) is 0 Å². The normalized spacial score (nSPS) is 16.7. The third-order valence-corrected chi connectivity index (χ3v) is 1.36. The smallest absolute Gasteiger partial charge is 0.290 e. The maximum absolute atomic E-state index is 11.4. The molecular formula is C9H15NO3. The summed E-state index contributed by atoms with van der Waals surface area (Å²) in [5, 5.41) is 2.78. The first-order valence-electron chi connectivity index (χ1n) is 4.26. The molecule has 0 spiro atoms. The summed E-state index contributed by atoms with van der Waals surface area (Å²) >= 11 is 0. The Morgan fingerprint density at radius 1 is 1.46 bits per heavy atom. The van der Waals surface area contributed by atoms with Gasteiger partial charge >= 0.3 is 0 Å². The lowest BCUT2D eigenvalue weighted by molar-refractivity contribution is -0.123. The molecule has 0 aromatic heterocycles. The molecule has 0 aromatic carbocycles. The second kappa shape index (κ2) is 3.68. The van der Waals surface area contributed by atoms with Crippen LogP contribution in [-0.4, -0.2) is 24.7 Å². The van der Waals surface area contributed by atoms with Gasteiger partial charge in [0.05, 0.1) is 0 Å². The molecule has 1 aliphatic heterocycles. The van der Waals surface area contributed by atoms with Crippen molar-refractivity contribution < 1.29 is 14.3 Å². The van der Waals surface area contributed by atoms with Crippen molar-refractivity contribution in [3.8, 4) is 0 Å². The molecule has 0 aliphatic carbocycles. The summed E-state index contributed by atoms with van der Waals surface area (Å²) in [6.45, 7) is 6.68. The molecule has 4 heteroatoms. The SMILES string of the molecule is CC(C)(C)NC(=O)C1=COCCO1. The molecule has 1 amide bonds. The summed E-state index contributed by atoms with van der Waals surface area (Å²) in [4.78, 5) is 11.4. The van der Waals surface area contributed by atoms with Gasteiger partial charge in [-0.2, -0.15) is 0 Å². The van der Waals surface area contributed by atoms with Gasteiger partial charge in [0.2, 0.25) is 5.76 Å². The molecule has 0 unspecified atom stereocenters. The molecular weight excluding hydrogens is 170 g/mol. The zero-order valence-corrected chi connectivity index (χ0v) is 8.22. The number of hydrogen-bond acceptors (Lipinski definition) is 3. The van der Waals surface area contributed by atoms with Crippen LogP contribution in [0.25, 0.3) is 0 Å². The highest BCUT2D eigenvalue weighted by molar-refractivity contribution is 5.91. The minimum atomic E-state index is -0.251. The van der Waals surface area contributed by atoms with Gasteiger partial charge in [0, 0.05) is 5.54 Å². The van der Waals surface area contributed by atoms with Crippen molar-refractivity contribution >= 4 is 5.91 Å². The Morgan fingerprint density at radius 2 is 2.15 bits per heavy atom. The van der Waals surface area contributed by atoms with Gasteiger partial charge in [-0.1, -0.05) is 0 Å². The highest BCUT2D eigenvalue weighted by Gasteiger charge is 2.20. The number of ether oxygens (including phenoxy) is 2. The molecule has 0 saturated carbocycles. The van der Waals surface area contributed by atoms with Crippen LogP contribution in [-0.2, 0) is 14.3 Å². The van der Waals surface area contributed by atoms with Crippen molar-refractivity contribution in [2.24, 2.45) is 0 Å². The molecule has 13 heavy (non-hydrogen) atoms. The summed E-state index contributed by atoms with van der Waals surface area (Å²) in [6.07, 6.45) is 1.35. The maximum Gasteiger partial charge on any atom is 0.290 e. The summed E-state index contributed by atoms with van der Waals surface area (Å²) in [5.41, 5.74) is -0.251. The minimum Gasteiger partial charge on any atom is -0.494 e. The van der Waals surface area contributed by atoms with E-state index in [9.17, 15) is 4.79 Å². The van der Waals surface area contributed by atoms with Gasteiger partial charge in [-0.3, -0.25) is 4.79 Å². The maximum atomic E-state index is 11.4. The molecule has 1 N–H and O–H groups in total. The first-order chi connectivity index (χ1) is 5.99. The van der Waals surface area contributed by atoms with Gasteiger partial charge in [0.25, 0.3) is 5.91 Å². The third-order valence-electron chi connectivity index (χ3n) is 1.36. The van der Waals surface area contributed by atoms with E-state index in [0.29, 0.717) is 13.2 Å². The average Bonchev–Trinajstić information content (AvgIpc) is 2.03. The van der Waals surface area contributed by atoms with E-state index in [2.05, 4.69) is 5.32 Å². The van der Waals surface area contributed by atoms with Crippen molar-refractivity contribution in [2.75, 3.05) is 13.2 Å². The fraction of sp³-hybridized carbons (Fsp3) is 0.667. The number of nitrogens with one attached hydrogen (secondary N) is 1. The lowest BCUT2D eigenvalue weighted by Gasteiger charge is -2.22. The van der Waals surface area contributed by atoms with Crippen LogP contribution >= 0.6 is 0 Å². The quantitative estimate of drug-likeness (QED) is 0.657. The van der Waals surface area contributed by atoms with E-state index >= 15 is 0 Å². The van der Waals surface area contributed by atoms with Gasteiger partial charge in [0.1, 0.15) is 19.5 Å². The Kier molecular flexibility index (Phi) is 2.80.